The van der Waals surface area contributed by atoms with Crippen molar-refractivity contribution in [3.05, 3.63) is 35.6 Å². The van der Waals surface area contributed by atoms with Gasteiger partial charge in [0.2, 0.25) is 5.91 Å². The summed E-state index contributed by atoms with van der Waals surface area (Å²) >= 11 is 0. The molecule has 4 rings (SSSR count). The average molecular weight is 355 g/mol. The molecule has 2 atom stereocenters. The Balaban J connectivity index is 1.44. The molecule has 3 amide bonds. The maximum Gasteiger partial charge on any atom is 0.315 e. The molecular weight excluding hydrogens is 330 g/mol. The Kier molecular flexibility index (Phi) is 4.13. The van der Waals surface area contributed by atoms with Crippen molar-refractivity contribution in [2.45, 2.75) is 63.6 Å². The third kappa shape index (κ3) is 2.83. The topological polar surface area (TPSA) is 83.4 Å². The Hall–Kier alpha value is -2.50. The Morgan fingerprint density at radius 3 is 2.81 bits per heavy atom. The minimum atomic E-state index is -0.245. The molecule has 2 aliphatic rings. The number of benzene rings is 1. The van der Waals surface area contributed by atoms with Crippen LogP contribution in [0.5, 0.6) is 0 Å². The number of aryl methyl sites for hydroxylation is 1. The van der Waals surface area contributed by atoms with E-state index < -0.39 is 0 Å². The summed E-state index contributed by atoms with van der Waals surface area (Å²) in [5.74, 6) is 0.867. The van der Waals surface area contributed by atoms with Crippen LogP contribution < -0.4 is 16.0 Å². The molecule has 2 aromatic rings. The predicted octanol–water partition coefficient (Wildman–Crippen LogP) is 3.30. The van der Waals surface area contributed by atoms with Crippen molar-refractivity contribution in [3.8, 4) is 0 Å². The van der Waals surface area contributed by atoms with E-state index in [1.54, 1.807) is 0 Å². The minimum absolute atomic E-state index is 0.0158. The van der Waals surface area contributed by atoms with Crippen LogP contribution in [0.1, 0.15) is 56.4 Å². The molecule has 2 fully saturated rings. The van der Waals surface area contributed by atoms with Gasteiger partial charge in [-0.25, -0.2) is 4.79 Å². The van der Waals surface area contributed by atoms with E-state index in [1.165, 1.54) is 0 Å². The van der Waals surface area contributed by atoms with Crippen molar-refractivity contribution >= 4 is 22.9 Å². The lowest BCUT2D eigenvalue weighted by Crippen LogP contribution is -2.69. The summed E-state index contributed by atoms with van der Waals surface area (Å²) in [6.07, 6.45) is 4.11. The van der Waals surface area contributed by atoms with E-state index in [1.807, 2.05) is 38.1 Å². The first-order valence-electron chi connectivity index (χ1n) is 9.34. The number of hydrogen-bond donors (Lipinski definition) is 3. The van der Waals surface area contributed by atoms with Crippen LogP contribution in [0.2, 0.25) is 0 Å². The number of furan rings is 1. The molecule has 1 aromatic heterocycles. The first-order valence-corrected chi connectivity index (χ1v) is 9.34. The zero-order chi connectivity index (χ0) is 18.3. The number of piperidine rings is 1. The molecule has 1 aliphatic heterocycles. The maximum absolute atomic E-state index is 12.6. The summed E-state index contributed by atoms with van der Waals surface area (Å²) in [4.78, 5) is 24.3. The summed E-state index contributed by atoms with van der Waals surface area (Å²) in [5.41, 5.74) is 1.64. The number of fused-ring (bicyclic) bond motifs is 1. The quantitative estimate of drug-likeness (QED) is 0.790. The SMILES string of the molecule is Cc1c(C(C)NC(=O)NC2CCC(=O)NC23CCC3)oc2ccccc12. The summed E-state index contributed by atoms with van der Waals surface area (Å²) in [7, 11) is 0. The fraction of sp³-hybridized carbons (Fsp3) is 0.500. The lowest BCUT2D eigenvalue weighted by atomic mass is 9.68. The highest BCUT2D eigenvalue weighted by atomic mass is 16.3. The maximum atomic E-state index is 12.6. The molecule has 6 heteroatoms. The van der Waals surface area contributed by atoms with Crippen molar-refractivity contribution in [1.29, 1.82) is 0 Å². The molecule has 138 valence electrons. The third-order valence-corrected chi connectivity index (χ3v) is 5.89. The summed E-state index contributed by atoms with van der Waals surface area (Å²) < 4.78 is 5.94. The Labute approximate surface area is 152 Å². The number of rotatable bonds is 3. The molecule has 0 bridgehead atoms. The number of amides is 3. The number of hydrogen-bond acceptors (Lipinski definition) is 3. The minimum Gasteiger partial charge on any atom is -0.459 e. The summed E-state index contributed by atoms with van der Waals surface area (Å²) in [6.45, 7) is 3.93. The van der Waals surface area contributed by atoms with Crippen LogP contribution in [-0.2, 0) is 4.79 Å². The molecular formula is C20H25N3O3. The Morgan fingerprint density at radius 1 is 1.35 bits per heavy atom. The van der Waals surface area contributed by atoms with E-state index in [-0.39, 0.29) is 29.6 Å². The van der Waals surface area contributed by atoms with Crippen molar-refractivity contribution in [3.63, 3.8) is 0 Å². The highest BCUT2D eigenvalue weighted by Crippen LogP contribution is 2.39. The Bertz CT molecular complexity index is 853. The van der Waals surface area contributed by atoms with E-state index in [4.69, 9.17) is 4.42 Å². The second-order valence-electron chi connectivity index (χ2n) is 7.58. The van der Waals surface area contributed by atoms with Gasteiger partial charge in [-0.15, -0.1) is 0 Å². The van der Waals surface area contributed by atoms with Crippen molar-refractivity contribution in [2.24, 2.45) is 0 Å². The molecule has 1 saturated carbocycles. The van der Waals surface area contributed by atoms with Crippen LogP contribution in [-0.4, -0.2) is 23.5 Å². The third-order valence-electron chi connectivity index (χ3n) is 5.89. The molecule has 1 spiro atoms. The molecule has 1 aliphatic carbocycles. The van der Waals surface area contributed by atoms with Crippen LogP contribution in [0.4, 0.5) is 4.79 Å². The smallest absolute Gasteiger partial charge is 0.315 e. The number of urea groups is 1. The normalized spacial score (nSPS) is 22.5. The summed E-state index contributed by atoms with van der Waals surface area (Å²) in [6, 6.07) is 7.41. The van der Waals surface area contributed by atoms with E-state index >= 15 is 0 Å². The fourth-order valence-electron chi connectivity index (χ4n) is 4.29. The van der Waals surface area contributed by atoms with Gasteiger partial charge in [0.1, 0.15) is 11.3 Å². The van der Waals surface area contributed by atoms with Gasteiger partial charge in [0, 0.05) is 17.4 Å². The monoisotopic (exact) mass is 355 g/mol. The molecule has 2 heterocycles. The van der Waals surface area contributed by atoms with E-state index in [9.17, 15) is 9.59 Å². The number of para-hydroxylation sites is 1. The standard InChI is InChI=1S/C20H25N3O3/c1-12-14-6-3-4-7-15(14)26-18(12)13(2)21-19(25)22-16-8-9-17(24)23-20(16)10-5-11-20/h3-4,6-7,13,16H,5,8-11H2,1-2H3,(H,23,24)(H2,21,22,25). The predicted molar refractivity (Wildman–Crippen MR) is 98.8 cm³/mol. The first-order chi connectivity index (χ1) is 12.5. The van der Waals surface area contributed by atoms with E-state index in [0.717, 1.165) is 41.6 Å². The second kappa shape index (κ2) is 6.34. The van der Waals surface area contributed by atoms with Crippen molar-refractivity contribution < 1.29 is 14.0 Å². The molecule has 2 unspecified atom stereocenters. The molecule has 26 heavy (non-hydrogen) atoms. The van der Waals surface area contributed by atoms with Gasteiger partial charge in [-0.2, -0.15) is 0 Å². The van der Waals surface area contributed by atoms with Gasteiger partial charge in [-0.1, -0.05) is 18.2 Å². The summed E-state index contributed by atoms with van der Waals surface area (Å²) in [5, 5.41) is 10.2. The second-order valence-corrected chi connectivity index (χ2v) is 7.58. The highest BCUT2D eigenvalue weighted by molar-refractivity contribution is 5.83. The van der Waals surface area contributed by atoms with Gasteiger partial charge < -0.3 is 20.4 Å². The van der Waals surface area contributed by atoms with Gasteiger partial charge in [0.25, 0.3) is 0 Å². The van der Waals surface area contributed by atoms with Crippen LogP contribution in [0.3, 0.4) is 0 Å². The van der Waals surface area contributed by atoms with E-state index in [2.05, 4.69) is 16.0 Å². The number of carbonyl (C=O) groups excluding carboxylic acids is 2. The highest BCUT2D eigenvalue weighted by Gasteiger charge is 2.48. The average Bonchev–Trinajstić information content (AvgIpc) is 2.92. The van der Waals surface area contributed by atoms with Gasteiger partial charge in [0.15, 0.2) is 0 Å². The van der Waals surface area contributed by atoms with Gasteiger partial charge in [0.05, 0.1) is 17.6 Å². The van der Waals surface area contributed by atoms with E-state index in [0.29, 0.717) is 12.8 Å². The Morgan fingerprint density at radius 2 is 2.12 bits per heavy atom. The molecule has 0 radical (unpaired) electrons. The molecule has 1 aromatic carbocycles. The van der Waals surface area contributed by atoms with Crippen LogP contribution in [0, 0.1) is 6.92 Å². The van der Waals surface area contributed by atoms with Crippen LogP contribution in [0.25, 0.3) is 11.0 Å². The molecule has 1 saturated heterocycles. The molecule has 6 nitrogen and oxygen atoms in total. The van der Waals surface area contributed by atoms with Crippen molar-refractivity contribution in [2.75, 3.05) is 0 Å². The lowest BCUT2D eigenvalue weighted by molar-refractivity contribution is -0.127. The van der Waals surface area contributed by atoms with Crippen LogP contribution in [0.15, 0.2) is 28.7 Å². The zero-order valence-electron chi connectivity index (χ0n) is 15.2. The van der Waals surface area contributed by atoms with Crippen LogP contribution >= 0.6 is 0 Å². The largest absolute Gasteiger partial charge is 0.459 e. The van der Waals surface area contributed by atoms with Gasteiger partial charge >= 0.3 is 6.03 Å². The van der Waals surface area contributed by atoms with Crippen molar-refractivity contribution in [1.82, 2.24) is 16.0 Å². The molecule has 3 N–H and O–H groups in total. The zero-order valence-corrected chi connectivity index (χ0v) is 15.2. The van der Waals surface area contributed by atoms with Gasteiger partial charge in [-0.05, 0) is 45.6 Å². The number of carbonyl (C=O) groups is 2. The first kappa shape index (κ1) is 16.9. The fourth-order valence-corrected chi connectivity index (χ4v) is 4.29. The van der Waals surface area contributed by atoms with Gasteiger partial charge in [-0.3, -0.25) is 4.79 Å². The number of nitrogens with one attached hydrogen (secondary N) is 3. The lowest BCUT2D eigenvalue weighted by Gasteiger charge is -2.50.